The van der Waals surface area contributed by atoms with Crippen molar-refractivity contribution in [2.24, 2.45) is 0 Å². The van der Waals surface area contributed by atoms with Gasteiger partial charge in [-0.05, 0) is 30.5 Å². The Kier molecular flexibility index (Phi) is 6.96. The van der Waals surface area contributed by atoms with Crippen molar-refractivity contribution >= 4 is 29.1 Å². The topological polar surface area (TPSA) is 73.4 Å². The summed E-state index contributed by atoms with van der Waals surface area (Å²) in [4.78, 5) is 26.7. The number of amides is 1. The highest BCUT2D eigenvalue weighted by molar-refractivity contribution is 6.30. The molecule has 2 aliphatic heterocycles. The van der Waals surface area contributed by atoms with Crippen LogP contribution >= 0.6 is 11.6 Å². The predicted molar refractivity (Wildman–Crippen MR) is 129 cm³/mol. The van der Waals surface area contributed by atoms with Crippen molar-refractivity contribution in [1.29, 1.82) is 0 Å². The van der Waals surface area contributed by atoms with Crippen LogP contribution in [-0.2, 0) is 11.2 Å². The van der Waals surface area contributed by atoms with Crippen LogP contribution in [0.2, 0.25) is 5.02 Å². The van der Waals surface area contributed by atoms with E-state index in [4.69, 9.17) is 11.6 Å². The van der Waals surface area contributed by atoms with E-state index in [9.17, 15) is 4.79 Å². The van der Waals surface area contributed by atoms with Gasteiger partial charge in [-0.3, -0.25) is 4.79 Å². The summed E-state index contributed by atoms with van der Waals surface area (Å²) in [5, 5.41) is 7.38. The lowest BCUT2D eigenvalue weighted by molar-refractivity contribution is -0.133. The molecule has 1 fully saturated rings. The number of halogens is 1. The van der Waals surface area contributed by atoms with Crippen molar-refractivity contribution in [2.75, 3.05) is 42.9 Å². The van der Waals surface area contributed by atoms with Crippen LogP contribution < -0.4 is 15.5 Å². The molecule has 32 heavy (non-hydrogen) atoms. The van der Waals surface area contributed by atoms with Crippen molar-refractivity contribution in [2.45, 2.75) is 38.6 Å². The lowest BCUT2D eigenvalue weighted by Crippen LogP contribution is -2.51. The van der Waals surface area contributed by atoms with E-state index in [1.165, 1.54) is 0 Å². The number of hydrogen-bond donors (Lipinski definition) is 2. The minimum atomic E-state index is -0.233. The Morgan fingerprint density at radius 1 is 1.16 bits per heavy atom. The lowest BCUT2D eigenvalue weighted by Gasteiger charge is -2.38. The number of fused-ring (bicyclic) bond motifs is 1. The molecule has 2 aromatic rings. The van der Waals surface area contributed by atoms with Crippen molar-refractivity contribution < 1.29 is 4.79 Å². The van der Waals surface area contributed by atoms with Crippen LogP contribution in [0.3, 0.4) is 0 Å². The fraction of sp³-hybridized carbons (Fsp3) is 0.458. The molecule has 8 heteroatoms. The molecule has 0 aliphatic carbocycles. The van der Waals surface area contributed by atoms with Gasteiger partial charge in [0.15, 0.2) is 0 Å². The van der Waals surface area contributed by atoms with Gasteiger partial charge in [-0.25, -0.2) is 9.97 Å². The Balaban J connectivity index is 1.45. The number of benzene rings is 1. The summed E-state index contributed by atoms with van der Waals surface area (Å²) < 4.78 is 0. The zero-order valence-electron chi connectivity index (χ0n) is 18.8. The molecule has 4 rings (SSSR count). The zero-order chi connectivity index (χ0) is 22.7. The standard InChI is InChI=1S/C24H31ClN6O/c1-16(2)26-14-21(18-5-7-19(25)8-6-18)24(32)31-12-10-30(11-13-31)23-20-9-4-17(3)29-22(20)27-15-28-23/h5-8,15-16,21,26H,3-4,9-14H2,1-2H3,(H,27,28,29)/t21-/m1/s1. The van der Waals surface area contributed by atoms with Gasteiger partial charge in [-0.15, -0.1) is 0 Å². The average Bonchev–Trinajstić information content (AvgIpc) is 2.79. The average molecular weight is 455 g/mol. The number of nitrogens with one attached hydrogen (secondary N) is 2. The van der Waals surface area contributed by atoms with Crippen molar-refractivity contribution in [3.63, 3.8) is 0 Å². The van der Waals surface area contributed by atoms with E-state index < -0.39 is 0 Å². The van der Waals surface area contributed by atoms with E-state index in [1.54, 1.807) is 6.33 Å². The number of anilines is 2. The quantitative estimate of drug-likeness (QED) is 0.696. The van der Waals surface area contributed by atoms with E-state index in [1.807, 2.05) is 29.2 Å². The van der Waals surface area contributed by atoms with Crippen LogP contribution in [0, 0.1) is 0 Å². The molecule has 1 aromatic carbocycles. The highest BCUT2D eigenvalue weighted by atomic mass is 35.5. The molecule has 1 amide bonds. The van der Waals surface area contributed by atoms with Gasteiger partial charge < -0.3 is 20.4 Å². The number of nitrogens with zero attached hydrogens (tertiary/aromatic N) is 4. The molecular weight excluding hydrogens is 424 g/mol. The maximum absolute atomic E-state index is 13.5. The molecule has 170 valence electrons. The maximum Gasteiger partial charge on any atom is 0.231 e. The molecule has 1 aromatic heterocycles. The number of carbonyl (C=O) groups excluding carboxylic acids is 1. The molecule has 1 saturated heterocycles. The van der Waals surface area contributed by atoms with Crippen LogP contribution in [0.25, 0.3) is 0 Å². The van der Waals surface area contributed by atoms with Crippen molar-refractivity contribution in [3.05, 3.63) is 59.0 Å². The fourth-order valence-corrected chi connectivity index (χ4v) is 4.40. The normalized spacial score (nSPS) is 17.2. The van der Waals surface area contributed by atoms with Gasteiger partial charge >= 0.3 is 0 Å². The second-order valence-electron chi connectivity index (χ2n) is 8.73. The molecule has 0 spiro atoms. The van der Waals surface area contributed by atoms with Gasteiger partial charge in [0.25, 0.3) is 0 Å². The van der Waals surface area contributed by atoms with Crippen molar-refractivity contribution in [3.8, 4) is 0 Å². The number of hydrogen-bond acceptors (Lipinski definition) is 6. The number of piperazine rings is 1. The summed E-state index contributed by atoms with van der Waals surface area (Å²) in [7, 11) is 0. The molecule has 2 aliphatic rings. The third-order valence-corrected chi connectivity index (χ3v) is 6.34. The minimum Gasteiger partial charge on any atom is -0.353 e. The van der Waals surface area contributed by atoms with Crippen LogP contribution in [0.15, 0.2) is 42.9 Å². The van der Waals surface area contributed by atoms with E-state index in [0.717, 1.165) is 54.4 Å². The molecular formula is C24H31ClN6O. The highest BCUT2D eigenvalue weighted by Gasteiger charge is 2.30. The number of rotatable bonds is 6. The first kappa shape index (κ1) is 22.6. The lowest BCUT2D eigenvalue weighted by atomic mass is 9.96. The van der Waals surface area contributed by atoms with Gasteiger partial charge in [-0.2, -0.15) is 0 Å². The van der Waals surface area contributed by atoms with Crippen LogP contribution in [-0.4, -0.2) is 59.5 Å². The Hall–Kier alpha value is -2.64. The summed E-state index contributed by atoms with van der Waals surface area (Å²) in [6, 6.07) is 7.92. The van der Waals surface area contributed by atoms with Crippen LogP contribution in [0.4, 0.5) is 11.6 Å². The third kappa shape index (κ3) is 5.05. The second kappa shape index (κ2) is 9.88. The fourth-order valence-electron chi connectivity index (χ4n) is 4.27. The molecule has 0 saturated carbocycles. The SMILES string of the molecule is C=C1CCc2c(ncnc2N2CCN(C(=O)[C@H](CNC(C)C)c3ccc(Cl)cc3)CC2)N1. The molecule has 3 heterocycles. The Bertz CT molecular complexity index is 969. The van der Waals surface area contributed by atoms with E-state index in [-0.39, 0.29) is 11.8 Å². The summed E-state index contributed by atoms with van der Waals surface area (Å²) in [5.74, 6) is 1.75. The van der Waals surface area contributed by atoms with Crippen LogP contribution in [0.1, 0.15) is 37.3 Å². The molecule has 2 N–H and O–H groups in total. The number of carbonyl (C=O) groups is 1. The molecule has 1 atom stereocenters. The van der Waals surface area contributed by atoms with Crippen molar-refractivity contribution in [1.82, 2.24) is 20.2 Å². The van der Waals surface area contributed by atoms with E-state index in [0.29, 0.717) is 30.7 Å². The first-order valence-electron chi connectivity index (χ1n) is 11.2. The highest BCUT2D eigenvalue weighted by Crippen LogP contribution is 2.31. The summed E-state index contributed by atoms with van der Waals surface area (Å²) in [6.45, 7) is 11.6. The maximum atomic E-state index is 13.5. The summed E-state index contributed by atoms with van der Waals surface area (Å²) >= 11 is 6.07. The van der Waals surface area contributed by atoms with Gasteiger partial charge in [0.1, 0.15) is 18.0 Å². The Labute approximate surface area is 194 Å². The predicted octanol–water partition coefficient (Wildman–Crippen LogP) is 3.43. The molecule has 0 bridgehead atoms. The summed E-state index contributed by atoms with van der Waals surface area (Å²) in [6.07, 6.45) is 3.37. The first-order valence-corrected chi connectivity index (χ1v) is 11.6. The largest absolute Gasteiger partial charge is 0.353 e. The zero-order valence-corrected chi connectivity index (χ0v) is 19.5. The smallest absolute Gasteiger partial charge is 0.231 e. The van der Waals surface area contributed by atoms with Gasteiger partial charge in [-0.1, -0.05) is 44.2 Å². The summed E-state index contributed by atoms with van der Waals surface area (Å²) in [5.41, 5.74) is 3.12. The van der Waals surface area contributed by atoms with E-state index >= 15 is 0 Å². The molecule has 0 radical (unpaired) electrons. The second-order valence-corrected chi connectivity index (χ2v) is 9.17. The molecule has 7 nitrogen and oxygen atoms in total. The van der Waals surface area contributed by atoms with Gasteiger partial charge in [0, 0.05) is 55.0 Å². The number of allylic oxidation sites excluding steroid dienone is 1. The molecule has 0 unspecified atom stereocenters. The monoisotopic (exact) mass is 454 g/mol. The van der Waals surface area contributed by atoms with Gasteiger partial charge in [0.05, 0.1) is 5.92 Å². The Morgan fingerprint density at radius 3 is 2.56 bits per heavy atom. The first-order chi connectivity index (χ1) is 15.4. The van der Waals surface area contributed by atoms with Gasteiger partial charge in [0.2, 0.25) is 5.91 Å². The Morgan fingerprint density at radius 2 is 1.88 bits per heavy atom. The van der Waals surface area contributed by atoms with Crippen LogP contribution in [0.5, 0.6) is 0 Å². The third-order valence-electron chi connectivity index (χ3n) is 6.09. The van der Waals surface area contributed by atoms with E-state index in [2.05, 4.69) is 45.9 Å². The number of aromatic nitrogens is 2. The minimum absolute atomic E-state index is 0.155.